The molecule has 0 atom stereocenters. The predicted octanol–water partition coefficient (Wildman–Crippen LogP) is 6.04. The molecule has 0 bridgehead atoms. The zero-order valence-corrected chi connectivity index (χ0v) is 41.7. The maximum Gasteiger partial charge on any atom is 2.00 e. The molecule has 0 aromatic heterocycles. The summed E-state index contributed by atoms with van der Waals surface area (Å²) in [7, 11) is 11.8. The zero-order chi connectivity index (χ0) is 39.6. The van der Waals surface area contributed by atoms with Gasteiger partial charge in [-0.15, -0.1) is 0 Å². The van der Waals surface area contributed by atoms with Crippen molar-refractivity contribution in [3.63, 3.8) is 0 Å². The van der Waals surface area contributed by atoms with E-state index in [9.17, 15) is 0 Å². The summed E-state index contributed by atoms with van der Waals surface area (Å²) in [5, 5.41) is 0. The molecule has 0 saturated carbocycles. The first-order chi connectivity index (χ1) is 21.5. The van der Waals surface area contributed by atoms with Crippen molar-refractivity contribution >= 4 is 32.3 Å². The van der Waals surface area contributed by atoms with Crippen LogP contribution in [0.3, 0.4) is 0 Å². The van der Waals surface area contributed by atoms with E-state index in [-0.39, 0.29) is 34.1 Å². The van der Waals surface area contributed by atoms with Crippen LogP contribution in [0.1, 0.15) is 0 Å². The minimum absolute atomic E-state index is 0. The number of nitrogens with zero attached hydrogens (tertiary/aromatic N) is 4. The third-order valence-corrected chi connectivity index (χ3v) is 7.49. The van der Waals surface area contributed by atoms with Crippen LogP contribution in [0.25, 0.3) is 0 Å². The van der Waals surface area contributed by atoms with Gasteiger partial charge in [0.05, 0.1) is 0 Å². The van der Waals surface area contributed by atoms with Gasteiger partial charge in [0.2, 0.25) is 0 Å². The maximum absolute atomic E-state index is 6.48. The number of hydrogen-bond donors (Lipinski definition) is 0. The SMILES string of the molecule is CN(C)CCN(C)C.CN(C)CCN(C)C.[C-]#CC#C[Si](C)(C)C.[C-]#CC#C[Si](C)(C)C.[C-]#CC#C[Si](C)(C)C.[C-]#CC#C[Si](C)(C)C.[Mn+2].[Mn+2]. The van der Waals surface area contributed by atoms with Crippen molar-refractivity contribution in [1.29, 1.82) is 0 Å². The molecule has 0 rings (SSSR count). The Morgan fingerprint density at radius 3 is 0.480 bits per heavy atom. The first-order valence-electron chi connectivity index (χ1n) is 15.8. The molecule has 10 heteroatoms. The van der Waals surface area contributed by atoms with Gasteiger partial charge in [0.1, 0.15) is 32.3 Å². The van der Waals surface area contributed by atoms with Gasteiger partial charge in [-0.2, -0.15) is 0 Å². The van der Waals surface area contributed by atoms with E-state index in [2.05, 4.69) is 200 Å². The molecule has 0 heterocycles. The van der Waals surface area contributed by atoms with Crippen LogP contribution in [0.15, 0.2) is 0 Å². The molecule has 0 amide bonds. The van der Waals surface area contributed by atoms with Crippen molar-refractivity contribution in [2.45, 2.75) is 78.6 Å². The second-order valence-corrected chi connectivity index (χ2v) is 34.7. The van der Waals surface area contributed by atoms with Crippen LogP contribution in [-0.2, 0) is 34.1 Å². The number of rotatable bonds is 6. The van der Waals surface area contributed by atoms with Gasteiger partial charge >= 0.3 is 34.1 Å². The fourth-order valence-corrected chi connectivity index (χ4v) is 3.42. The van der Waals surface area contributed by atoms with E-state index in [1.54, 1.807) is 0 Å². The van der Waals surface area contributed by atoms with E-state index in [1.807, 2.05) is 23.7 Å². The Labute approximate surface area is 340 Å². The van der Waals surface area contributed by atoms with Gasteiger partial charge in [0.25, 0.3) is 0 Å². The zero-order valence-electron chi connectivity index (χ0n) is 35.4. The van der Waals surface area contributed by atoms with Crippen LogP contribution in [0.2, 0.25) is 78.6 Å². The summed E-state index contributed by atoms with van der Waals surface area (Å²) in [5.41, 5.74) is 11.8. The number of likely N-dealkylation sites (N-methyl/N-ethyl adjacent to an activating group) is 4. The van der Waals surface area contributed by atoms with Crippen molar-refractivity contribution in [1.82, 2.24) is 19.6 Å². The van der Waals surface area contributed by atoms with Crippen molar-refractivity contribution in [2.75, 3.05) is 82.6 Å². The molecular weight excluding hydrogens is 759 g/mol. The molecular formula is C40H68Mn2N4Si4. The minimum Gasteiger partial charge on any atom is -0.358 e. The van der Waals surface area contributed by atoms with Gasteiger partial charge in [-0.3, -0.25) is 47.4 Å². The molecule has 0 fully saturated rings. The molecule has 0 aliphatic carbocycles. The Bertz CT molecular complexity index is 1040. The fourth-order valence-electron chi connectivity index (χ4n) is 1.67. The first kappa shape index (κ1) is 66.5. The monoisotopic (exact) mass is 826 g/mol. The summed E-state index contributed by atoms with van der Waals surface area (Å²) in [6.45, 7) is 30.2. The smallest absolute Gasteiger partial charge is 0.358 e. The third kappa shape index (κ3) is 119. The van der Waals surface area contributed by atoms with Crippen LogP contribution < -0.4 is 0 Å². The van der Waals surface area contributed by atoms with E-state index in [1.165, 1.54) is 0 Å². The Morgan fingerprint density at radius 1 is 0.320 bits per heavy atom. The molecule has 0 saturated heterocycles. The molecule has 0 aliphatic rings. The fraction of sp³-hybridized carbons (Fsp3) is 0.600. The van der Waals surface area contributed by atoms with Gasteiger partial charge in [-0.1, -0.05) is 78.6 Å². The second-order valence-electron chi connectivity index (χ2n) is 15.7. The summed E-state index contributed by atoms with van der Waals surface area (Å²) in [6, 6.07) is 0. The Kier molecular flexibility index (Phi) is 53.2. The molecule has 4 nitrogen and oxygen atoms in total. The van der Waals surface area contributed by atoms with Gasteiger partial charge < -0.3 is 45.3 Å². The first-order valence-corrected chi connectivity index (χ1v) is 29.8. The van der Waals surface area contributed by atoms with Gasteiger partial charge in [0, 0.05) is 26.2 Å². The van der Waals surface area contributed by atoms with Gasteiger partial charge in [-0.25, -0.2) is 22.2 Å². The van der Waals surface area contributed by atoms with Crippen LogP contribution in [0.5, 0.6) is 0 Å². The minimum atomic E-state index is -1.22. The van der Waals surface area contributed by atoms with Crippen LogP contribution in [0.4, 0.5) is 0 Å². The van der Waals surface area contributed by atoms with E-state index in [0.717, 1.165) is 26.2 Å². The van der Waals surface area contributed by atoms with E-state index >= 15 is 0 Å². The van der Waals surface area contributed by atoms with E-state index < -0.39 is 32.3 Å². The molecule has 50 heavy (non-hydrogen) atoms. The summed E-state index contributed by atoms with van der Waals surface area (Å²) in [4.78, 5) is 8.72. The summed E-state index contributed by atoms with van der Waals surface area (Å²) in [5.74, 6) is 18.3. The van der Waals surface area contributed by atoms with Crippen molar-refractivity contribution in [3.8, 4) is 69.5 Å². The molecule has 0 aliphatic heterocycles. The largest absolute Gasteiger partial charge is 2.00 e. The molecule has 0 N–H and O–H groups in total. The van der Waals surface area contributed by atoms with Crippen molar-refractivity contribution < 1.29 is 34.1 Å². The summed E-state index contributed by atoms with van der Waals surface area (Å²) >= 11 is 0. The summed E-state index contributed by atoms with van der Waals surface area (Å²) < 4.78 is 0. The summed E-state index contributed by atoms with van der Waals surface area (Å²) in [6.07, 6.45) is 25.9. The average molecular weight is 827 g/mol. The van der Waals surface area contributed by atoms with Crippen LogP contribution in [0, 0.1) is 95.2 Å². The normalized spacial score (nSPS) is 9.20. The van der Waals surface area contributed by atoms with Crippen molar-refractivity contribution in [2.24, 2.45) is 0 Å². The molecule has 278 valence electrons. The van der Waals surface area contributed by atoms with Crippen LogP contribution in [-0.4, -0.2) is 134 Å². The third-order valence-electron chi connectivity index (χ3n) is 3.99. The molecule has 0 aromatic rings. The molecule has 0 aromatic carbocycles. The molecule has 2 radical (unpaired) electrons. The standard InChI is InChI=1S/4C7H9Si.2C6H16N2.2Mn/c4*1-5-6-7-8(2,3)4;2*1-7(2)5-6-8(3)4;;/h4*2-4H3;2*5-6H2,1-4H3;;/q4*-1;;;2*+2. The topological polar surface area (TPSA) is 13.0 Å². The molecule has 0 spiro atoms. The van der Waals surface area contributed by atoms with E-state index in [0.29, 0.717) is 0 Å². The molecule has 0 unspecified atom stereocenters. The number of hydrogen-bond acceptors (Lipinski definition) is 4. The van der Waals surface area contributed by atoms with Crippen molar-refractivity contribution in [3.05, 3.63) is 25.7 Å². The Hall–Kier alpha value is -1.77. The second kappa shape index (κ2) is 40.0. The average Bonchev–Trinajstić information content (AvgIpc) is 2.90. The van der Waals surface area contributed by atoms with Gasteiger partial charge in [-0.05, 0) is 56.4 Å². The van der Waals surface area contributed by atoms with Gasteiger partial charge in [0.15, 0.2) is 0 Å². The predicted molar refractivity (Wildman–Crippen MR) is 227 cm³/mol. The maximum atomic E-state index is 6.48. The Morgan fingerprint density at radius 2 is 0.440 bits per heavy atom. The Balaban J connectivity index is -0.0000000700. The quantitative estimate of drug-likeness (QED) is 0.184. The van der Waals surface area contributed by atoms with Crippen LogP contribution >= 0.6 is 0 Å². The van der Waals surface area contributed by atoms with E-state index in [4.69, 9.17) is 25.7 Å².